The van der Waals surface area contributed by atoms with Crippen molar-refractivity contribution >= 4 is 9.84 Å². The molecule has 1 saturated carbocycles. The van der Waals surface area contributed by atoms with Crippen molar-refractivity contribution in [1.82, 2.24) is 5.32 Å². The molecule has 5 heteroatoms. The second kappa shape index (κ2) is 6.35. The summed E-state index contributed by atoms with van der Waals surface area (Å²) in [7, 11) is -2.94. The normalized spacial score (nSPS) is 30.7. The molecule has 1 N–H and O–H groups in total. The molecule has 0 spiro atoms. The summed E-state index contributed by atoms with van der Waals surface area (Å²) in [4.78, 5) is 0. The Kier molecular flexibility index (Phi) is 5.04. The Hall–Kier alpha value is -0.130. The van der Waals surface area contributed by atoms with Crippen LogP contribution in [0.3, 0.4) is 0 Å². The van der Waals surface area contributed by atoms with E-state index in [1.807, 2.05) is 0 Å². The van der Waals surface area contributed by atoms with Crippen molar-refractivity contribution in [2.75, 3.05) is 19.8 Å². The van der Waals surface area contributed by atoms with E-state index in [9.17, 15) is 8.42 Å². The van der Waals surface area contributed by atoms with Crippen LogP contribution < -0.4 is 5.32 Å². The van der Waals surface area contributed by atoms with E-state index in [0.29, 0.717) is 32.1 Å². The molecule has 2 unspecified atom stereocenters. The van der Waals surface area contributed by atoms with Gasteiger partial charge in [0.15, 0.2) is 9.84 Å². The minimum atomic E-state index is -2.94. The highest BCUT2D eigenvalue weighted by Gasteiger charge is 2.39. The van der Waals surface area contributed by atoms with Crippen LogP contribution in [0.4, 0.5) is 0 Å². The number of nitrogens with one attached hydrogen (secondary N) is 1. The lowest BCUT2D eigenvalue weighted by atomic mass is 10.2. The first-order valence-electron chi connectivity index (χ1n) is 7.18. The van der Waals surface area contributed by atoms with Crippen molar-refractivity contribution in [2.24, 2.45) is 0 Å². The lowest BCUT2D eigenvalue weighted by Crippen LogP contribution is -2.36. The zero-order valence-corrected chi connectivity index (χ0v) is 12.0. The minimum absolute atomic E-state index is 0.116. The molecule has 1 heterocycles. The van der Waals surface area contributed by atoms with E-state index in [0.717, 1.165) is 32.2 Å². The Morgan fingerprint density at radius 1 is 1.11 bits per heavy atom. The van der Waals surface area contributed by atoms with E-state index in [4.69, 9.17) is 4.74 Å². The molecule has 0 aromatic rings. The zero-order chi connectivity index (χ0) is 13.0. The Balaban J connectivity index is 1.90. The van der Waals surface area contributed by atoms with Gasteiger partial charge in [-0.25, -0.2) is 8.42 Å². The number of sulfone groups is 1. The van der Waals surface area contributed by atoms with Crippen LogP contribution in [-0.2, 0) is 14.6 Å². The highest BCUT2D eigenvalue weighted by molar-refractivity contribution is 7.92. The van der Waals surface area contributed by atoms with Gasteiger partial charge in [-0.1, -0.05) is 6.92 Å². The van der Waals surface area contributed by atoms with Gasteiger partial charge in [-0.05, 0) is 45.1 Å². The summed E-state index contributed by atoms with van der Waals surface area (Å²) in [5, 5.41) is 3.18. The number of rotatable bonds is 5. The van der Waals surface area contributed by atoms with Gasteiger partial charge in [0, 0.05) is 19.3 Å². The third-order valence-electron chi connectivity index (χ3n) is 4.17. The lowest BCUT2D eigenvalue weighted by Gasteiger charge is -2.25. The summed E-state index contributed by atoms with van der Waals surface area (Å²) in [5.41, 5.74) is 0. The van der Waals surface area contributed by atoms with E-state index in [2.05, 4.69) is 12.2 Å². The molecule has 18 heavy (non-hydrogen) atoms. The second-order valence-corrected chi connectivity index (χ2v) is 8.00. The SMILES string of the molecule is CCCNC1CCC(S(=O)(=O)C2CCOCC2)C1. The van der Waals surface area contributed by atoms with Gasteiger partial charge in [0.1, 0.15) is 0 Å². The molecule has 106 valence electrons. The van der Waals surface area contributed by atoms with Crippen molar-refractivity contribution < 1.29 is 13.2 Å². The number of hydrogen-bond donors (Lipinski definition) is 1. The average Bonchev–Trinajstić information content (AvgIpc) is 2.87. The third-order valence-corrected chi connectivity index (χ3v) is 6.92. The van der Waals surface area contributed by atoms with Gasteiger partial charge in [-0.3, -0.25) is 0 Å². The molecule has 0 radical (unpaired) electrons. The monoisotopic (exact) mass is 275 g/mol. The molecule has 1 aliphatic heterocycles. The van der Waals surface area contributed by atoms with Gasteiger partial charge >= 0.3 is 0 Å². The molecule has 0 amide bonds. The van der Waals surface area contributed by atoms with Crippen LogP contribution in [0.15, 0.2) is 0 Å². The standard InChI is InChI=1S/C13H25NO3S/c1-2-7-14-11-3-4-13(10-11)18(15,16)12-5-8-17-9-6-12/h11-14H,2-10H2,1H3. The first-order chi connectivity index (χ1) is 8.64. The molecule has 0 aromatic heterocycles. The number of ether oxygens (including phenoxy) is 1. The maximum Gasteiger partial charge on any atom is 0.156 e. The van der Waals surface area contributed by atoms with Gasteiger partial charge in [-0.15, -0.1) is 0 Å². The fourth-order valence-electron chi connectivity index (χ4n) is 3.05. The van der Waals surface area contributed by atoms with Crippen molar-refractivity contribution in [3.8, 4) is 0 Å². The van der Waals surface area contributed by atoms with Crippen molar-refractivity contribution in [3.63, 3.8) is 0 Å². The fourth-order valence-corrected chi connectivity index (χ4v) is 5.41. The van der Waals surface area contributed by atoms with Gasteiger partial charge in [0.2, 0.25) is 0 Å². The van der Waals surface area contributed by atoms with Crippen LogP contribution in [0, 0.1) is 0 Å². The molecule has 1 saturated heterocycles. The summed E-state index contributed by atoms with van der Waals surface area (Å²) in [5.74, 6) is 0. The maximum absolute atomic E-state index is 12.5. The number of hydrogen-bond acceptors (Lipinski definition) is 4. The van der Waals surface area contributed by atoms with E-state index < -0.39 is 9.84 Å². The summed E-state index contributed by atoms with van der Waals surface area (Å²) >= 11 is 0. The molecular weight excluding hydrogens is 250 g/mol. The molecule has 0 bridgehead atoms. The van der Waals surface area contributed by atoms with Gasteiger partial charge in [-0.2, -0.15) is 0 Å². The molecule has 2 aliphatic rings. The Bertz CT molecular complexity index is 349. The van der Waals surface area contributed by atoms with Crippen LogP contribution in [0.1, 0.15) is 45.4 Å². The Morgan fingerprint density at radius 3 is 2.50 bits per heavy atom. The topological polar surface area (TPSA) is 55.4 Å². The molecule has 4 nitrogen and oxygen atoms in total. The first-order valence-corrected chi connectivity index (χ1v) is 8.79. The third kappa shape index (κ3) is 3.25. The van der Waals surface area contributed by atoms with E-state index in [1.54, 1.807) is 0 Å². The van der Waals surface area contributed by atoms with Crippen LogP contribution >= 0.6 is 0 Å². The summed E-state index contributed by atoms with van der Waals surface area (Å²) in [6, 6.07) is 0.407. The molecular formula is C13H25NO3S. The Morgan fingerprint density at radius 2 is 1.83 bits per heavy atom. The Labute approximate surface area is 110 Å². The predicted octanol–water partition coefficient (Wildman–Crippen LogP) is 1.50. The van der Waals surface area contributed by atoms with Crippen LogP contribution in [-0.4, -0.2) is 44.7 Å². The van der Waals surface area contributed by atoms with Crippen molar-refractivity contribution in [3.05, 3.63) is 0 Å². The van der Waals surface area contributed by atoms with Crippen LogP contribution in [0.25, 0.3) is 0 Å². The largest absolute Gasteiger partial charge is 0.381 e. The van der Waals surface area contributed by atoms with Gasteiger partial charge < -0.3 is 10.1 Å². The molecule has 2 rings (SSSR count). The van der Waals surface area contributed by atoms with Crippen LogP contribution in [0.2, 0.25) is 0 Å². The minimum Gasteiger partial charge on any atom is -0.381 e. The highest BCUT2D eigenvalue weighted by atomic mass is 32.2. The van der Waals surface area contributed by atoms with Crippen LogP contribution in [0.5, 0.6) is 0 Å². The maximum atomic E-state index is 12.5. The second-order valence-electron chi connectivity index (χ2n) is 5.49. The quantitative estimate of drug-likeness (QED) is 0.826. The van der Waals surface area contributed by atoms with Crippen molar-refractivity contribution in [2.45, 2.75) is 62.0 Å². The molecule has 1 aliphatic carbocycles. The molecule has 2 atom stereocenters. The highest BCUT2D eigenvalue weighted by Crippen LogP contribution is 2.31. The molecule has 2 fully saturated rings. The van der Waals surface area contributed by atoms with Gasteiger partial charge in [0.05, 0.1) is 10.5 Å². The summed E-state index contributed by atoms with van der Waals surface area (Å²) in [6.45, 7) is 4.34. The van der Waals surface area contributed by atoms with Crippen molar-refractivity contribution in [1.29, 1.82) is 0 Å². The average molecular weight is 275 g/mol. The summed E-state index contributed by atoms with van der Waals surface area (Å²) < 4.78 is 30.3. The summed E-state index contributed by atoms with van der Waals surface area (Å²) in [6.07, 6.45) is 5.12. The van der Waals surface area contributed by atoms with Gasteiger partial charge in [0.25, 0.3) is 0 Å². The lowest BCUT2D eigenvalue weighted by molar-refractivity contribution is 0.0982. The van der Waals surface area contributed by atoms with E-state index in [-0.39, 0.29) is 10.5 Å². The smallest absolute Gasteiger partial charge is 0.156 e. The zero-order valence-electron chi connectivity index (χ0n) is 11.2. The fraction of sp³-hybridized carbons (Fsp3) is 1.00. The predicted molar refractivity (Wildman–Crippen MR) is 72.5 cm³/mol. The van der Waals surface area contributed by atoms with E-state index >= 15 is 0 Å². The van der Waals surface area contributed by atoms with E-state index in [1.165, 1.54) is 0 Å². The molecule has 0 aromatic carbocycles. The first kappa shape index (κ1) is 14.3.